The first-order valence-electron chi connectivity index (χ1n) is 8.88. The molecule has 2 aliphatic heterocycles. The maximum atomic E-state index is 13.5. The number of ether oxygens (including phenoxy) is 2. The van der Waals surface area contributed by atoms with Crippen molar-refractivity contribution in [3.05, 3.63) is 23.0 Å². The van der Waals surface area contributed by atoms with E-state index in [9.17, 15) is 9.90 Å². The number of carbonyl (C=O) groups excluding carboxylic acids is 1. The summed E-state index contributed by atoms with van der Waals surface area (Å²) in [6, 6.07) is -0.149. The highest BCUT2D eigenvalue weighted by Gasteiger charge is 2.67. The third kappa shape index (κ3) is 2.16. The Labute approximate surface area is 146 Å². The highest BCUT2D eigenvalue weighted by molar-refractivity contribution is 6.09. The summed E-state index contributed by atoms with van der Waals surface area (Å²) in [5.74, 6) is 0.490. The summed E-state index contributed by atoms with van der Waals surface area (Å²) in [6.45, 7) is 2.37. The van der Waals surface area contributed by atoms with Gasteiger partial charge in [-0.2, -0.15) is 0 Å². The SMILES string of the molecule is CCCCOc1noc2c1C(=O)[C@@]13O[C@@H](C=C1CO)C[C@H]3[C@@H]2N(C)C. The second-order valence-electron chi connectivity index (χ2n) is 7.25. The number of hydrogen-bond acceptors (Lipinski definition) is 7. The van der Waals surface area contributed by atoms with Crippen LogP contribution in [-0.2, 0) is 4.74 Å². The molecule has 7 heteroatoms. The van der Waals surface area contributed by atoms with E-state index >= 15 is 0 Å². The minimum absolute atomic E-state index is 0.101. The lowest BCUT2D eigenvalue weighted by atomic mass is 9.65. The molecule has 4 atom stereocenters. The quantitative estimate of drug-likeness (QED) is 0.619. The molecule has 1 aromatic rings. The summed E-state index contributed by atoms with van der Waals surface area (Å²) < 4.78 is 17.4. The van der Waals surface area contributed by atoms with Crippen LogP contribution in [-0.4, -0.2) is 60.0 Å². The fourth-order valence-corrected chi connectivity index (χ4v) is 4.52. The van der Waals surface area contributed by atoms with Gasteiger partial charge in [-0.1, -0.05) is 19.4 Å². The Bertz CT molecular complexity index is 725. The van der Waals surface area contributed by atoms with E-state index in [1.165, 1.54) is 0 Å². The zero-order chi connectivity index (χ0) is 17.8. The van der Waals surface area contributed by atoms with Crippen molar-refractivity contribution in [3.8, 4) is 5.88 Å². The van der Waals surface area contributed by atoms with Gasteiger partial charge in [0.2, 0.25) is 5.78 Å². The lowest BCUT2D eigenvalue weighted by Crippen LogP contribution is -2.53. The predicted molar refractivity (Wildman–Crippen MR) is 88.5 cm³/mol. The number of ketones is 1. The molecule has 1 saturated heterocycles. The maximum Gasteiger partial charge on any atom is 0.265 e. The molecule has 4 rings (SSSR count). The van der Waals surface area contributed by atoms with E-state index in [0.717, 1.165) is 19.3 Å². The van der Waals surface area contributed by atoms with Crippen LogP contribution in [0.2, 0.25) is 0 Å². The molecule has 1 aromatic heterocycles. The van der Waals surface area contributed by atoms with E-state index in [2.05, 4.69) is 12.1 Å². The van der Waals surface area contributed by atoms with Gasteiger partial charge in [0.15, 0.2) is 11.4 Å². The first-order valence-corrected chi connectivity index (χ1v) is 8.88. The Morgan fingerprint density at radius 3 is 2.96 bits per heavy atom. The van der Waals surface area contributed by atoms with Crippen LogP contribution >= 0.6 is 0 Å². The van der Waals surface area contributed by atoms with Crippen LogP contribution in [0.3, 0.4) is 0 Å². The number of aliphatic hydroxyl groups excluding tert-OH is 1. The Morgan fingerprint density at radius 1 is 1.48 bits per heavy atom. The molecule has 0 saturated carbocycles. The molecular formula is C18H24N2O5. The van der Waals surface area contributed by atoms with Crippen LogP contribution in [0.4, 0.5) is 0 Å². The van der Waals surface area contributed by atoms with Gasteiger partial charge in [-0.15, -0.1) is 0 Å². The molecule has 1 spiro atoms. The average Bonchev–Trinajstić information content (AvgIpc) is 3.26. The fourth-order valence-electron chi connectivity index (χ4n) is 4.52. The number of unbranched alkanes of at least 4 members (excludes halogenated alkanes) is 1. The molecule has 1 N–H and O–H groups in total. The van der Waals surface area contributed by atoms with E-state index in [-0.39, 0.29) is 36.3 Å². The van der Waals surface area contributed by atoms with E-state index in [1.807, 2.05) is 25.1 Å². The van der Waals surface area contributed by atoms with Crippen molar-refractivity contribution in [2.24, 2.45) is 5.92 Å². The van der Waals surface area contributed by atoms with Gasteiger partial charge in [-0.25, -0.2) is 0 Å². The first-order chi connectivity index (χ1) is 12.0. The number of fused-ring (bicyclic) bond motifs is 2. The van der Waals surface area contributed by atoms with E-state index in [4.69, 9.17) is 14.0 Å². The minimum Gasteiger partial charge on any atom is -0.475 e. The van der Waals surface area contributed by atoms with Gasteiger partial charge in [0.05, 0.1) is 25.4 Å². The lowest BCUT2D eigenvalue weighted by Gasteiger charge is -2.42. The minimum atomic E-state index is -1.12. The number of rotatable bonds is 6. The van der Waals surface area contributed by atoms with Gasteiger partial charge in [-0.05, 0) is 37.7 Å². The van der Waals surface area contributed by atoms with Gasteiger partial charge in [0.25, 0.3) is 5.88 Å². The predicted octanol–water partition coefficient (Wildman–Crippen LogP) is 1.73. The number of Topliss-reactive ketones (excluding diaryl/α,β-unsaturated/α-hetero) is 1. The Kier molecular flexibility index (Phi) is 3.97. The molecular weight excluding hydrogens is 324 g/mol. The van der Waals surface area contributed by atoms with Crippen molar-refractivity contribution in [2.45, 2.75) is 43.9 Å². The normalized spacial score (nSPS) is 32.8. The topological polar surface area (TPSA) is 85.0 Å². The molecule has 0 radical (unpaired) electrons. The Balaban J connectivity index is 1.81. The molecule has 136 valence electrons. The monoisotopic (exact) mass is 348 g/mol. The molecule has 0 aromatic carbocycles. The smallest absolute Gasteiger partial charge is 0.265 e. The highest BCUT2D eigenvalue weighted by Crippen LogP contribution is 2.59. The number of carbonyl (C=O) groups is 1. The maximum absolute atomic E-state index is 13.5. The van der Waals surface area contributed by atoms with Gasteiger partial charge >= 0.3 is 0 Å². The van der Waals surface area contributed by atoms with Crippen LogP contribution in [0.1, 0.15) is 48.3 Å². The van der Waals surface area contributed by atoms with Crippen molar-refractivity contribution in [1.29, 1.82) is 0 Å². The van der Waals surface area contributed by atoms with Crippen molar-refractivity contribution < 1.29 is 23.9 Å². The number of aromatic nitrogens is 1. The van der Waals surface area contributed by atoms with Crippen LogP contribution in [0, 0.1) is 5.92 Å². The van der Waals surface area contributed by atoms with Crippen molar-refractivity contribution in [2.75, 3.05) is 27.3 Å². The molecule has 1 aliphatic carbocycles. The van der Waals surface area contributed by atoms with Crippen molar-refractivity contribution in [3.63, 3.8) is 0 Å². The van der Waals surface area contributed by atoms with Crippen LogP contribution in [0.25, 0.3) is 0 Å². The molecule has 0 unspecified atom stereocenters. The molecule has 2 bridgehead atoms. The van der Waals surface area contributed by atoms with Gasteiger partial charge in [0, 0.05) is 5.92 Å². The third-order valence-corrected chi connectivity index (χ3v) is 5.57. The van der Waals surface area contributed by atoms with Crippen molar-refractivity contribution >= 4 is 5.78 Å². The Hall–Kier alpha value is -1.70. The van der Waals surface area contributed by atoms with Gasteiger partial charge < -0.3 is 19.1 Å². The standard InChI is InChI=1S/C18H24N2O5/c1-4-5-6-23-17-13-15(25-19-17)14(20(2)3)12-8-11-7-10(9-21)18(12,24-11)16(13)22/h7,11-12,14,21H,4-6,8-9H2,1-3H3/t11-,12-,14-,18+/m0/s1. The number of hydrogen-bond donors (Lipinski definition) is 1. The van der Waals surface area contributed by atoms with Crippen LogP contribution in [0.15, 0.2) is 16.2 Å². The summed E-state index contributed by atoms with van der Waals surface area (Å²) in [6.07, 6.45) is 4.34. The summed E-state index contributed by atoms with van der Waals surface area (Å²) in [4.78, 5) is 15.5. The summed E-state index contributed by atoms with van der Waals surface area (Å²) in [5.41, 5.74) is -0.0969. The molecule has 25 heavy (non-hydrogen) atoms. The molecule has 0 amide bonds. The lowest BCUT2D eigenvalue weighted by molar-refractivity contribution is -0.0140. The second-order valence-corrected chi connectivity index (χ2v) is 7.25. The van der Waals surface area contributed by atoms with E-state index < -0.39 is 5.60 Å². The van der Waals surface area contributed by atoms with Gasteiger partial charge in [-0.3, -0.25) is 9.69 Å². The van der Waals surface area contributed by atoms with E-state index in [0.29, 0.717) is 23.5 Å². The second kappa shape index (κ2) is 5.93. The highest BCUT2D eigenvalue weighted by atomic mass is 16.5. The fraction of sp³-hybridized carbons (Fsp3) is 0.667. The zero-order valence-electron chi connectivity index (χ0n) is 14.8. The largest absolute Gasteiger partial charge is 0.475 e. The van der Waals surface area contributed by atoms with Gasteiger partial charge in [0.1, 0.15) is 5.56 Å². The van der Waals surface area contributed by atoms with Crippen LogP contribution < -0.4 is 4.74 Å². The first kappa shape index (κ1) is 16.8. The van der Waals surface area contributed by atoms with E-state index in [1.54, 1.807) is 0 Å². The molecule has 1 fully saturated rings. The summed E-state index contributed by atoms with van der Waals surface area (Å²) in [7, 11) is 3.90. The zero-order valence-corrected chi connectivity index (χ0v) is 14.8. The molecule has 3 aliphatic rings. The molecule has 7 nitrogen and oxygen atoms in total. The third-order valence-electron chi connectivity index (χ3n) is 5.57. The number of aliphatic hydroxyl groups is 1. The Morgan fingerprint density at radius 2 is 2.28 bits per heavy atom. The number of nitrogens with zero attached hydrogens (tertiary/aromatic N) is 2. The van der Waals surface area contributed by atoms with Crippen LogP contribution in [0.5, 0.6) is 5.88 Å². The molecule has 3 heterocycles. The summed E-state index contributed by atoms with van der Waals surface area (Å²) in [5, 5.41) is 13.8. The average molecular weight is 348 g/mol. The van der Waals surface area contributed by atoms with Crippen molar-refractivity contribution in [1.82, 2.24) is 10.1 Å². The summed E-state index contributed by atoms with van der Waals surface area (Å²) >= 11 is 0.